The van der Waals surface area contributed by atoms with Crippen LogP contribution >= 0.6 is 27.5 Å². The Balaban J connectivity index is 1.88. The minimum atomic E-state index is 0.625. The molecule has 4 nitrogen and oxygen atoms in total. The van der Waals surface area contributed by atoms with E-state index in [9.17, 15) is 0 Å². The number of hydrogen-bond donors (Lipinski definition) is 1. The molecule has 1 heterocycles. The zero-order valence-electron chi connectivity index (χ0n) is 11.0. The minimum Gasteiger partial charge on any atom is -0.379 e. The van der Waals surface area contributed by atoms with Gasteiger partial charge in [0.2, 0.25) is 0 Å². The largest absolute Gasteiger partial charge is 0.379 e. The van der Waals surface area contributed by atoms with Gasteiger partial charge in [-0.15, -0.1) is 0 Å². The Labute approximate surface area is 135 Å². The van der Waals surface area contributed by atoms with Crippen molar-refractivity contribution in [3.8, 4) is 5.69 Å². The molecule has 0 aliphatic carbocycles. The molecular formula is C15H12BrClN4. The topological polar surface area (TPSA) is 42.7 Å². The van der Waals surface area contributed by atoms with Gasteiger partial charge in [0.15, 0.2) is 0 Å². The fourth-order valence-electron chi connectivity index (χ4n) is 2.06. The third kappa shape index (κ3) is 3.25. The summed E-state index contributed by atoms with van der Waals surface area (Å²) < 4.78 is 2.72. The maximum Gasteiger partial charge on any atom is 0.138 e. The predicted octanol–water partition coefficient (Wildman–Crippen LogP) is 4.30. The van der Waals surface area contributed by atoms with E-state index in [4.69, 9.17) is 11.6 Å². The van der Waals surface area contributed by atoms with Crippen molar-refractivity contribution in [2.75, 3.05) is 5.32 Å². The van der Waals surface area contributed by atoms with Gasteiger partial charge in [0.05, 0.1) is 10.7 Å². The van der Waals surface area contributed by atoms with Gasteiger partial charge >= 0.3 is 0 Å². The van der Waals surface area contributed by atoms with Crippen LogP contribution in [0.5, 0.6) is 0 Å². The summed E-state index contributed by atoms with van der Waals surface area (Å²) in [5.41, 5.74) is 2.88. The highest BCUT2D eigenvalue weighted by Gasteiger charge is 2.09. The molecule has 0 unspecified atom stereocenters. The van der Waals surface area contributed by atoms with Crippen LogP contribution < -0.4 is 5.32 Å². The number of aromatic nitrogens is 3. The monoisotopic (exact) mass is 362 g/mol. The Morgan fingerprint density at radius 2 is 2.05 bits per heavy atom. The Morgan fingerprint density at radius 1 is 1.19 bits per heavy atom. The van der Waals surface area contributed by atoms with Crippen molar-refractivity contribution in [2.24, 2.45) is 0 Å². The van der Waals surface area contributed by atoms with E-state index in [2.05, 4.69) is 43.5 Å². The first-order chi connectivity index (χ1) is 10.2. The SMILES string of the molecule is Clc1cccc(NCc2cccc(Br)c2)c1-n1cncn1. The van der Waals surface area contributed by atoms with Crippen molar-refractivity contribution in [2.45, 2.75) is 6.54 Å². The van der Waals surface area contributed by atoms with E-state index in [0.29, 0.717) is 11.6 Å². The molecular weight excluding hydrogens is 352 g/mol. The molecule has 106 valence electrons. The van der Waals surface area contributed by atoms with Crippen molar-refractivity contribution in [1.82, 2.24) is 14.8 Å². The van der Waals surface area contributed by atoms with Crippen LogP contribution in [-0.2, 0) is 6.54 Å². The minimum absolute atomic E-state index is 0.625. The standard InChI is InChI=1S/C15H12BrClN4/c16-12-4-1-3-11(7-12)8-19-14-6-2-5-13(17)15(14)21-10-18-9-20-21/h1-7,9-10,19H,8H2. The summed E-state index contributed by atoms with van der Waals surface area (Å²) in [5, 5.41) is 8.17. The second kappa shape index (κ2) is 6.28. The number of nitrogens with one attached hydrogen (secondary N) is 1. The molecule has 21 heavy (non-hydrogen) atoms. The molecule has 2 aromatic carbocycles. The van der Waals surface area contributed by atoms with Crippen LogP contribution in [0.1, 0.15) is 5.56 Å². The van der Waals surface area contributed by atoms with Crippen LogP contribution in [0.15, 0.2) is 59.6 Å². The number of halogens is 2. The highest BCUT2D eigenvalue weighted by Crippen LogP contribution is 2.28. The number of benzene rings is 2. The normalized spacial score (nSPS) is 10.6. The third-order valence-electron chi connectivity index (χ3n) is 3.01. The smallest absolute Gasteiger partial charge is 0.138 e. The van der Waals surface area contributed by atoms with Crippen LogP contribution in [0.25, 0.3) is 5.69 Å². The van der Waals surface area contributed by atoms with Crippen LogP contribution in [0.3, 0.4) is 0 Å². The lowest BCUT2D eigenvalue weighted by molar-refractivity contribution is 0.878. The average molecular weight is 364 g/mol. The molecule has 0 atom stereocenters. The van der Waals surface area contributed by atoms with E-state index in [-0.39, 0.29) is 0 Å². The molecule has 0 amide bonds. The molecule has 0 aliphatic rings. The molecule has 1 aromatic heterocycles. The molecule has 0 saturated carbocycles. The highest BCUT2D eigenvalue weighted by molar-refractivity contribution is 9.10. The van der Waals surface area contributed by atoms with Crippen molar-refractivity contribution in [3.63, 3.8) is 0 Å². The van der Waals surface area contributed by atoms with Crippen molar-refractivity contribution < 1.29 is 0 Å². The molecule has 0 spiro atoms. The highest BCUT2D eigenvalue weighted by atomic mass is 79.9. The maximum absolute atomic E-state index is 6.29. The summed E-state index contributed by atoms with van der Waals surface area (Å²) in [6.45, 7) is 0.696. The van der Waals surface area contributed by atoms with E-state index in [1.165, 1.54) is 11.9 Å². The van der Waals surface area contributed by atoms with Crippen molar-refractivity contribution in [3.05, 3.63) is 70.2 Å². The van der Waals surface area contributed by atoms with Gasteiger partial charge in [0.25, 0.3) is 0 Å². The summed E-state index contributed by atoms with van der Waals surface area (Å²) in [4.78, 5) is 3.97. The summed E-state index contributed by atoms with van der Waals surface area (Å²) in [5.74, 6) is 0. The summed E-state index contributed by atoms with van der Waals surface area (Å²) in [7, 11) is 0. The fraction of sp³-hybridized carbons (Fsp3) is 0.0667. The molecule has 0 bridgehead atoms. The zero-order chi connectivity index (χ0) is 14.7. The lowest BCUT2D eigenvalue weighted by atomic mass is 10.2. The molecule has 6 heteroatoms. The summed E-state index contributed by atoms with van der Waals surface area (Å²) in [6, 6.07) is 13.9. The first kappa shape index (κ1) is 14.1. The van der Waals surface area contributed by atoms with E-state index in [0.717, 1.165) is 15.8 Å². The van der Waals surface area contributed by atoms with Crippen molar-refractivity contribution >= 4 is 33.2 Å². The number of para-hydroxylation sites is 1. The van der Waals surface area contributed by atoms with Gasteiger partial charge in [0, 0.05) is 11.0 Å². The Bertz CT molecular complexity index is 743. The Morgan fingerprint density at radius 3 is 2.81 bits per heavy atom. The summed E-state index contributed by atoms with van der Waals surface area (Å²) >= 11 is 9.77. The zero-order valence-corrected chi connectivity index (χ0v) is 13.3. The lowest BCUT2D eigenvalue weighted by Gasteiger charge is -2.13. The van der Waals surface area contributed by atoms with Gasteiger partial charge in [0.1, 0.15) is 18.3 Å². The van der Waals surface area contributed by atoms with Crippen LogP contribution in [0.2, 0.25) is 5.02 Å². The van der Waals surface area contributed by atoms with Crippen LogP contribution in [-0.4, -0.2) is 14.8 Å². The first-order valence-corrected chi connectivity index (χ1v) is 7.53. The second-order valence-corrected chi connectivity index (χ2v) is 5.78. The van der Waals surface area contributed by atoms with Crippen molar-refractivity contribution in [1.29, 1.82) is 0 Å². The quantitative estimate of drug-likeness (QED) is 0.751. The van der Waals surface area contributed by atoms with Crippen LogP contribution in [0, 0.1) is 0 Å². The second-order valence-electron chi connectivity index (χ2n) is 4.46. The first-order valence-electron chi connectivity index (χ1n) is 6.36. The van der Waals surface area contributed by atoms with Gasteiger partial charge < -0.3 is 5.32 Å². The van der Waals surface area contributed by atoms with Gasteiger partial charge in [-0.2, -0.15) is 5.10 Å². The number of hydrogen-bond acceptors (Lipinski definition) is 3. The van der Waals surface area contributed by atoms with E-state index in [1.54, 1.807) is 11.0 Å². The molecule has 0 radical (unpaired) electrons. The summed E-state index contributed by atoms with van der Waals surface area (Å²) in [6.07, 6.45) is 3.12. The lowest BCUT2D eigenvalue weighted by Crippen LogP contribution is -2.05. The molecule has 1 N–H and O–H groups in total. The van der Waals surface area contributed by atoms with E-state index >= 15 is 0 Å². The maximum atomic E-state index is 6.29. The number of anilines is 1. The number of rotatable bonds is 4. The number of nitrogens with zero attached hydrogens (tertiary/aromatic N) is 3. The van der Waals surface area contributed by atoms with Crippen LogP contribution in [0.4, 0.5) is 5.69 Å². The fourth-order valence-corrected chi connectivity index (χ4v) is 2.77. The van der Waals surface area contributed by atoms with E-state index < -0.39 is 0 Å². The molecule has 0 fully saturated rings. The van der Waals surface area contributed by atoms with Gasteiger partial charge in [-0.25, -0.2) is 9.67 Å². The molecule has 3 aromatic rings. The average Bonchev–Trinajstić information content (AvgIpc) is 2.99. The Kier molecular flexibility index (Phi) is 4.22. The van der Waals surface area contributed by atoms with Gasteiger partial charge in [-0.1, -0.05) is 45.7 Å². The van der Waals surface area contributed by atoms with Gasteiger partial charge in [-0.05, 0) is 29.8 Å². The molecule has 0 saturated heterocycles. The Hall–Kier alpha value is -1.85. The predicted molar refractivity (Wildman–Crippen MR) is 87.8 cm³/mol. The van der Waals surface area contributed by atoms with E-state index in [1.807, 2.05) is 30.3 Å². The molecule has 3 rings (SSSR count). The molecule has 0 aliphatic heterocycles. The van der Waals surface area contributed by atoms with Gasteiger partial charge in [-0.3, -0.25) is 0 Å². The third-order valence-corrected chi connectivity index (χ3v) is 3.80.